The highest BCUT2D eigenvalue weighted by molar-refractivity contribution is 7.07. The van der Waals surface area contributed by atoms with Gasteiger partial charge in [0, 0.05) is 24.5 Å². The number of hydrogen-bond acceptors (Lipinski definition) is 6. The van der Waals surface area contributed by atoms with E-state index in [0.717, 1.165) is 29.0 Å². The third-order valence-electron chi connectivity index (χ3n) is 3.27. The van der Waals surface area contributed by atoms with Crippen molar-refractivity contribution in [3.05, 3.63) is 28.4 Å². The van der Waals surface area contributed by atoms with E-state index in [1.54, 1.807) is 23.5 Å². The second kappa shape index (κ2) is 5.28. The number of phenolic OH excluding ortho intramolecular Hbond substituents is 2. The number of hydrazine groups is 1. The number of benzene rings is 1. The van der Waals surface area contributed by atoms with Crippen LogP contribution in [0.5, 0.6) is 11.5 Å². The summed E-state index contributed by atoms with van der Waals surface area (Å²) < 4.78 is 1.98. The summed E-state index contributed by atoms with van der Waals surface area (Å²) in [6.45, 7) is 0.919. The van der Waals surface area contributed by atoms with Crippen LogP contribution in [0.15, 0.2) is 28.6 Å². The highest BCUT2D eigenvalue weighted by Gasteiger charge is 2.13. The van der Waals surface area contributed by atoms with Gasteiger partial charge < -0.3 is 14.8 Å². The molecule has 0 radical (unpaired) electrons. The van der Waals surface area contributed by atoms with Gasteiger partial charge in [-0.3, -0.25) is 5.43 Å². The van der Waals surface area contributed by atoms with Crippen molar-refractivity contribution in [3.8, 4) is 22.8 Å². The number of phenols is 2. The lowest BCUT2D eigenvalue weighted by Crippen LogP contribution is -2.30. The number of rotatable bonds is 2. The maximum absolute atomic E-state index is 9.59. The van der Waals surface area contributed by atoms with Crippen molar-refractivity contribution in [2.45, 2.75) is 12.6 Å². The van der Waals surface area contributed by atoms with Gasteiger partial charge >= 0.3 is 0 Å². The third kappa shape index (κ3) is 2.43. The van der Waals surface area contributed by atoms with Crippen LogP contribution >= 0.6 is 11.3 Å². The molecule has 2 aromatic rings. The topological polar surface area (TPSA) is 81.8 Å². The van der Waals surface area contributed by atoms with Crippen LogP contribution in [0.1, 0.15) is 6.42 Å². The SMILES string of the molecule is Cn1c(-c2ccc(O)c(O)c2)cs/c1=N\C1CCNN1. The Balaban J connectivity index is 1.99. The van der Waals surface area contributed by atoms with Crippen LogP contribution in [0.3, 0.4) is 0 Å². The Morgan fingerprint density at radius 3 is 2.90 bits per heavy atom. The lowest BCUT2D eigenvalue weighted by molar-refractivity contribution is 0.404. The first-order chi connectivity index (χ1) is 9.65. The largest absolute Gasteiger partial charge is 0.504 e. The van der Waals surface area contributed by atoms with Crippen LogP contribution < -0.4 is 15.7 Å². The number of hydrogen-bond donors (Lipinski definition) is 4. The predicted molar refractivity (Wildman–Crippen MR) is 77.2 cm³/mol. The molecule has 0 spiro atoms. The zero-order valence-electron chi connectivity index (χ0n) is 11.0. The highest BCUT2D eigenvalue weighted by atomic mass is 32.1. The Morgan fingerprint density at radius 2 is 2.20 bits per heavy atom. The molecule has 6 nitrogen and oxygen atoms in total. The van der Waals surface area contributed by atoms with Gasteiger partial charge in [-0.1, -0.05) is 0 Å². The molecule has 0 aliphatic carbocycles. The van der Waals surface area contributed by atoms with Gasteiger partial charge in [-0.2, -0.15) is 0 Å². The van der Waals surface area contributed by atoms with Gasteiger partial charge in [0.15, 0.2) is 16.3 Å². The van der Waals surface area contributed by atoms with E-state index >= 15 is 0 Å². The average molecular weight is 292 g/mol. The molecule has 1 unspecified atom stereocenters. The quantitative estimate of drug-likeness (QED) is 0.620. The van der Waals surface area contributed by atoms with Crippen molar-refractivity contribution >= 4 is 11.3 Å². The number of aromatic hydroxyl groups is 2. The molecule has 4 N–H and O–H groups in total. The first-order valence-electron chi connectivity index (χ1n) is 6.34. The summed E-state index contributed by atoms with van der Waals surface area (Å²) in [7, 11) is 1.94. The Hall–Kier alpha value is -1.83. The predicted octanol–water partition coefficient (Wildman–Crippen LogP) is 0.889. The summed E-state index contributed by atoms with van der Waals surface area (Å²) in [4.78, 5) is 5.55. The highest BCUT2D eigenvalue weighted by Crippen LogP contribution is 2.30. The molecule has 1 aliphatic rings. The standard InChI is InChI=1S/C13H16N4O2S/c1-17-9(8-2-3-10(18)11(19)6-8)7-20-13(17)15-12-4-5-14-16-12/h2-3,6-7,12,14,16,18-19H,4-5H2,1H3/b15-13-. The summed E-state index contributed by atoms with van der Waals surface area (Å²) in [6, 6.07) is 4.81. The van der Waals surface area contributed by atoms with Crippen LogP contribution in [0, 0.1) is 0 Å². The minimum Gasteiger partial charge on any atom is -0.504 e. The molecule has 2 heterocycles. The minimum absolute atomic E-state index is 0.0981. The van der Waals surface area contributed by atoms with Crippen molar-refractivity contribution < 1.29 is 10.2 Å². The average Bonchev–Trinajstić information content (AvgIpc) is 3.05. The first-order valence-corrected chi connectivity index (χ1v) is 7.22. The van der Waals surface area contributed by atoms with Gasteiger partial charge in [0.25, 0.3) is 0 Å². The van der Waals surface area contributed by atoms with Crippen molar-refractivity contribution in [1.82, 2.24) is 15.4 Å². The van der Waals surface area contributed by atoms with Crippen LogP contribution in [0.2, 0.25) is 0 Å². The molecule has 0 amide bonds. The van der Waals surface area contributed by atoms with Gasteiger partial charge in [-0.05, 0) is 24.6 Å². The number of aromatic nitrogens is 1. The van der Waals surface area contributed by atoms with E-state index in [9.17, 15) is 10.2 Å². The molecule has 0 saturated carbocycles. The molecular weight excluding hydrogens is 276 g/mol. The number of nitrogens with zero attached hydrogens (tertiary/aromatic N) is 2. The molecular formula is C13H16N4O2S. The number of thiazole rings is 1. The molecule has 1 aromatic heterocycles. The Bertz CT molecular complexity index is 686. The summed E-state index contributed by atoms with van der Waals surface area (Å²) >= 11 is 1.55. The zero-order valence-corrected chi connectivity index (χ0v) is 11.8. The molecule has 1 aliphatic heterocycles. The van der Waals surface area contributed by atoms with E-state index in [2.05, 4.69) is 15.8 Å². The number of nitrogens with one attached hydrogen (secondary N) is 2. The van der Waals surface area contributed by atoms with Crippen molar-refractivity contribution in [3.63, 3.8) is 0 Å². The van der Waals surface area contributed by atoms with Crippen molar-refractivity contribution in [1.29, 1.82) is 0 Å². The van der Waals surface area contributed by atoms with Crippen LogP contribution in [0.4, 0.5) is 0 Å². The second-order valence-corrected chi connectivity index (χ2v) is 5.51. The Morgan fingerprint density at radius 1 is 1.35 bits per heavy atom. The Labute approximate surface area is 120 Å². The monoisotopic (exact) mass is 292 g/mol. The molecule has 3 rings (SSSR count). The molecule has 7 heteroatoms. The normalized spacial score (nSPS) is 19.6. The molecule has 1 aromatic carbocycles. The first kappa shape index (κ1) is 13.2. The van der Waals surface area contributed by atoms with E-state index in [1.807, 2.05) is 17.0 Å². The van der Waals surface area contributed by atoms with Crippen molar-refractivity contribution in [2.75, 3.05) is 6.54 Å². The van der Waals surface area contributed by atoms with E-state index in [0.29, 0.717) is 0 Å². The molecule has 1 fully saturated rings. The summed E-state index contributed by atoms with van der Waals surface area (Å²) in [5, 5.41) is 21.0. The van der Waals surface area contributed by atoms with Gasteiger partial charge in [0.05, 0.1) is 5.69 Å². The molecule has 106 valence electrons. The van der Waals surface area contributed by atoms with E-state index in [-0.39, 0.29) is 17.7 Å². The minimum atomic E-state index is -0.117. The van der Waals surface area contributed by atoms with Gasteiger partial charge in [-0.15, -0.1) is 11.3 Å². The van der Waals surface area contributed by atoms with Crippen LogP contribution in [-0.2, 0) is 7.05 Å². The fourth-order valence-corrected chi connectivity index (χ4v) is 3.09. The molecule has 20 heavy (non-hydrogen) atoms. The van der Waals surface area contributed by atoms with E-state index in [1.165, 1.54) is 6.07 Å². The fraction of sp³-hybridized carbons (Fsp3) is 0.308. The van der Waals surface area contributed by atoms with Crippen LogP contribution in [0.25, 0.3) is 11.3 Å². The molecule has 1 saturated heterocycles. The lowest BCUT2D eigenvalue weighted by atomic mass is 10.1. The molecule has 0 bridgehead atoms. The Kier molecular flexibility index (Phi) is 3.47. The van der Waals surface area contributed by atoms with Crippen molar-refractivity contribution in [2.24, 2.45) is 12.0 Å². The zero-order chi connectivity index (χ0) is 14.1. The summed E-state index contributed by atoms with van der Waals surface area (Å²) in [5.74, 6) is -0.230. The maximum atomic E-state index is 9.59. The van der Waals surface area contributed by atoms with E-state index < -0.39 is 0 Å². The fourth-order valence-electron chi connectivity index (χ4n) is 2.13. The van der Waals surface area contributed by atoms with Crippen LogP contribution in [-0.4, -0.2) is 27.5 Å². The smallest absolute Gasteiger partial charge is 0.186 e. The van der Waals surface area contributed by atoms with E-state index in [4.69, 9.17) is 0 Å². The lowest BCUT2D eigenvalue weighted by Gasteiger charge is -2.05. The maximum Gasteiger partial charge on any atom is 0.186 e. The summed E-state index contributed by atoms with van der Waals surface area (Å²) in [5.41, 5.74) is 7.96. The molecule has 1 atom stereocenters. The summed E-state index contributed by atoms with van der Waals surface area (Å²) in [6.07, 6.45) is 1.06. The van der Waals surface area contributed by atoms with Gasteiger partial charge in [-0.25, -0.2) is 10.4 Å². The van der Waals surface area contributed by atoms with Gasteiger partial charge in [0.2, 0.25) is 0 Å². The second-order valence-electron chi connectivity index (χ2n) is 4.67. The van der Waals surface area contributed by atoms with Gasteiger partial charge in [0.1, 0.15) is 6.17 Å². The third-order valence-corrected chi connectivity index (χ3v) is 4.20.